The van der Waals surface area contributed by atoms with Crippen LogP contribution in [0.25, 0.3) is 0 Å². The van der Waals surface area contributed by atoms with Crippen molar-refractivity contribution in [2.75, 3.05) is 0 Å². The number of rotatable bonds is 5. The second-order valence-corrected chi connectivity index (χ2v) is 4.84. The molecular weight excluding hydrogens is 262 g/mol. The minimum absolute atomic E-state index is 0.415. The summed E-state index contributed by atoms with van der Waals surface area (Å²) < 4.78 is 1.16. The molecule has 0 aliphatic carbocycles. The third-order valence-corrected chi connectivity index (χ3v) is 3.39. The first kappa shape index (κ1) is 13.3. The molecular formula is C14H18BrN. The van der Waals surface area contributed by atoms with Gasteiger partial charge >= 0.3 is 0 Å². The first-order valence-electron chi connectivity index (χ1n) is 5.59. The lowest BCUT2D eigenvalue weighted by molar-refractivity contribution is 0.506. The molecule has 0 spiro atoms. The maximum absolute atomic E-state index is 5.32. The molecule has 0 saturated heterocycles. The summed E-state index contributed by atoms with van der Waals surface area (Å²) in [6, 6.07) is 6.83. The van der Waals surface area contributed by atoms with Crippen molar-refractivity contribution in [3.05, 3.63) is 33.8 Å². The van der Waals surface area contributed by atoms with E-state index in [1.54, 1.807) is 0 Å². The minimum atomic E-state index is 0.415. The Morgan fingerprint density at radius 3 is 2.81 bits per heavy atom. The van der Waals surface area contributed by atoms with E-state index < -0.39 is 0 Å². The lowest BCUT2D eigenvalue weighted by Gasteiger charge is -2.15. The van der Waals surface area contributed by atoms with E-state index in [4.69, 9.17) is 6.42 Å². The number of terminal acetylenes is 1. The molecule has 0 aromatic heterocycles. The second kappa shape index (κ2) is 6.73. The lowest BCUT2D eigenvalue weighted by atomic mass is 10.1. The SMILES string of the molecule is C#CCC(CC)NCc1ccc(C)cc1Br. The molecule has 0 heterocycles. The second-order valence-electron chi connectivity index (χ2n) is 3.99. The average Bonchev–Trinajstić information content (AvgIpc) is 2.26. The van der Waals surface area contributed by atoms with E-state index in [0.29, 0.717) is 6.04 Å². The highest BCUT2D eigenvalue weighted by molar-refractivity contribution is 9.10. The van der Waals surface area contributed by atoms with Gasteiger partial charge in [-0.05, 0) is 30.5 Å². The van der Waals surface area contributed by atoms with Gasteiger partial charge in [-0.1, -0.05) is 35.0 Å². The van der Waals surface area contributed by atoms with Gasteiger partial charge in [-0.3, -0.25) is 0 Å². The maximum Gasteiger partial charge on any atom is 0.0240 e. The summed E-state index contributed by atoms with van der Waals surface area (Å²) in [6.07, 6.45) is 7.18. The highest BCUT2D eigenvalue weighted by Crippen LogP contribution is 2.18. The van der Waals surface area contributed by atoms with E-state index in [1.807, 2.05) is 0 Å². The number of hydrogen-bond donors (Lipinski definition) is 1. The molecule has 0 saturated carbocycles. The smallest absolute Gasteiger partial charge is 0.0240 e. The van der Waals surface area contributed by atoms with Crippen molar-refractivity contribution >= 4 is 15.9 Å². The van der Waals surface area contributed by atoms with Gasteiger partial charge < -0.3 is 5.32 Å². The standard InChI is InChI=1S/C14H18BrN/c1-4-6-13(5-2)16-10-12-8-7-11(3)9-14(12)15/h1,7-9,13,16H,5-6,10H2,2-3H3. The highest BCUT2D eigenvalue weighted by Gasteiger charge is 2.05. The van der Waals surface area contributed by atoms with Gasteiger partial charge in [0.15, 0.2) is 0 Å². The van der Waals surface area contributed by atoms with Crippen LogP contribution in [0, 0.1) is 19.3 Å². The normalized spacial score (nSPS) is 12.1. The van der Waals surface area contributed by atoms with Crippen LogP contribution in [0.4, 0.5) is 0 Å². The Labute approximate surface area is 107 Å². The Morgan fingerprint density at radius 1 is 1.50 bits per heavy atom. The topological polar surface area (TPSA) is 12.0 Å². The predicted octanol–water partition coefficient (Wildman–Crippen LogP) is 3.65. The molecule has 1 rings (SSSR count). The quantitative estimate of drug-likeness (QED) is 0.812. The molecule has 0 bridgehead atoms. The van der Waals surface area contributed by atoms with Gasteiger partial charge in [0.1, 0.15) is 0 Å². The summed E-state index contributed by atoms with van der Waals surface area (Å²) in [5.74, 6) is 2.70. The monoisotopic (exact) mass is 279 g/mol. The zero-order valence-corrected chi connectivity index (χ0v) is 11.5. The van der Waals surface area contributed by atoms with Crippen molar-refractivity contribution in [2.45, 2.75) is 39.3 Å². The Balaban J connectivity index is 2.57. The fourth-order valence-corrected chi connectivity index (χ4v) is 2.19. The summed E-state index contributed by atoms with van der Waals surface area (Å²) in [7, 11) is 0. The average molecular weight is 280 g/mol. The van der Waals surface area contributed by atoms with Crippen LogP contribution in [0.1, 0.15) is 30.9 Å². The molecule has 0 aliphatic heterocycles. The van der Waals surface area contributed by atoms with Crippen LogP contribution >= 0.6 is 15.9 Å². The Bertz CT molecular complexity index is 379. The Hall–Kier alpha value is -0.780. The zero-order valence-electron chi connectivity index (χ0n) is 9.89. The van der Waals surface area contributed by atoms with Crippen molar-refractivity contribution < 1.29 is 0 Å². The summed E-state index contributed by atoms with van der Waals surface area (Å²) in [4.78, 5) is 0. The Morgan fingerprint density at radius 2 is 2.25 bits per heavy atom. The van der Waals surface area contributed by atoms with Gasteiger partial charge in [0.05, 0.1) is 0 Å². The van der Waals surface area contributed by atoms with E-state index >= 15 is 0 Å². The molecule has 1 N–H and O–H groups in total. The van der Waals surface area contributed by atoms with Crippen molar-refractivity contribution in [3.8, 4) is 12.3 Å². The summed E-state index contributed by atoms with van der Waals surface area (Å²) in [5, 5.41) is 3.47. The van der Waals surface area contributed by atoms with Crippen LogP contribution in [0.3, 0.4) is 0 Å². The van der Waals surface area contributed by atoms with Crippen molar-refractivity contribution in [1.82, 2.24) is 5.32 Å². The molecule has 1 unspecified atom stereocenters. The third-order valence-electron chi connectivity index (χ3n) is 2.65. The van der Waals surface area contributed by atoms with E-state index in [-0.39, 0.29) is 0 Å². The van der Waals surface area contributed by atoms with Gasteiger partial charge in [0, 0.05) is 23.5 Å². The molecule has 16 heavy (non-hydrogen) atoms. The fourth-order valence-electron chi connectivity index (χ4n) is 1.55. The highest BCUT2D eigenvalue weighted by atomic mass is 79.9. The van der Waals surface area contributed by atoms with Crippen LogP contribution in [-0.2, 0) is 6.54 Å². The molecule has 0 amide bonds. The van der Waals surface area contributed by atoms with Gasteiger partial charge in [-0.15, -0.1) is 12.3 Å². The first-order chi connectivity index (χ1) is 7.67. The molecule has 0 radical (unpaired) electrons. The van der Waals surface area contributed by atoms with Crippen LogP contribution in [0.5, 0.6) is 0 Å². The van der Waals surface area contributed by atoms with Crippen LogP contribution in [0.2, 0.25) is 0 Å². The predicted molar refractivity (Wildman–Crippen MR) is 73.2 cm³/mol. The molecule has 0 aliphatic rings. The van der Waals surface area contributed by atoms with Crippen molar-refractivity contribution in [3.63, 3.8) is 0 Å². The zero-order chi connectivity index (χ0) is 12.0. The number of hydrogen-bond acceptors (Lipinski definition) is 1. The summed E-state index contributed by atoms with van der Waals surface area (Å²) >= 11 is 3.58. The van der Waals surface area contributed by atoms with E-state index in [2.05, 4.69) is 59.2 Å². The number of aryl methyl sites for hydroxylation is 1. The molecule has 1 atom stereocenters. The molecule has 1 nitrogen and oxygen atoms in total. The van der Waals surface area contributed by atoms with E-state index in [0.717, 1.165) is 23.9 Å². The Kier molecular flexibility index (Phi) is 5.59. The minimum Gasteiger partial charge on any atom is -0.309 e. The van der Waals surface area contributed by atoms with Gasteiger partial charge in [0.2, 0.25) is 0 Å². The van der Waals surface area contributed by atoms with Gasteiger partial charge in [-0.2, -0.15) is 0 Å². The van der Waals surface area contributed by atoms with Crippen LogP contribution < -0.4 is 5.32 Å². The third kappa shape index (κ3) is 4.00. The summed E-state index contributed by atoms with van der Waals surface area (Å²) in [6.45, 7) is 5.11. The number of benzene rings is 1. The van der Waals surface area contributed by atoms with Gasteiger partial charge in [0.25, 0.3) is 0 Å². The molecule has 86 valence electrons. The number of nitrogens with one attached hydrogen (secondary N) is 1. The van der Waals surface area contributed by atoms with Crippen molar-refractivity contribution in [1.29, 1.82) is 0 Å². The molecule has 1 aromatic carbocycles. The maximum atomic E-state index is 5.32. The van der Waals surface area contributed by atoms with Crippen molar-refractivity contribution in [2.24, 2.45) is 0 Å². The van der Waals surface area contributed by atoms with Crippen LogP contribution in [-0.4, -0.2) is 6.04 Å². The lowest BCUT2D eigenvalue weighted by Crippen LogP contribution is -2.27. The molecule has 1 aromatic rings. The summed E-state index contributed by atoms with van der Waals surface area (Å²) in [5.41, 5.74) is 2.55. The van der Waals surface area contributed by atoms with Gasteiger partial charge in [-0.25, -0.2) is 0 Å². The molecule has 2 heteroatoms. The van der Waals surface area contributed by atoms with Crippen LogP contribution in [0.15, 0.2) is 22.7 Å². The molecule has 0 fully saturated rings. The van der Waals surface area contributed by atoms with E-state index in [1.165, 1.54) is 11.1 Å². The first-order valence-corrected chi connectivity index (χ1v) is 6.38. The number of halogens is 1. The van der Waals surface area contributed by atoms with E-state index in [9.17, 15) is 0 Å². The fraction of sp³-hybridized carbons (Fsp3) is 0.429. The largest absolute Gasteiger partial charge is 0.309 e.